The predicted octanol–water partition coefficient (Wildman–Crippen LogP) is 2.47. The normalized spacial score (nSPS) is 11.7. The molecule has 1 rings (SSSR count). The molecule has 1 N–H and O–H groups in total. The number of methoxy groups -OCH3 is 1. The standard InChI is InChI=1S/C15H24N2O3/c1-11-8-13(20-5)9-12(16-11)10-17(15(2,3)4)7-6-14(18)19/h8-9H,6-7,10H2,1-5H3,(H,18,19). The molecule has 0 aliphatic heterocycles. The molecular formula is C15H24N2O3. The molecule has 0 radical (unpaired) electrons. The monoisotopic (exact) mass is 280 g/mol. The number of carboxylic acids is 1. The SMILES string of the molecule is COc1cc(C)nc(CN(CCC(=O)O)C(C)(C)C)c1. The van der Waals surface area contributed by atoms with Gasteiger partial charge in [-0.2, -0.15) is 0 Å². The minimum atomic E-state index is -0.783. The molecule has 0 aliphatic rings. The second kappa shape index (κ2) is 6.70. The lowest BCUT2D eigenvalue weighted by Gasteiger charge is -2.35. The first-order valence-corrected chi connectivity index (χ1v) is 6.71. The second-order valence-electron chi connectivity index (χ2n) is 5.88. The Labute approximate surface area is 120 Å². The van der Waals surface area contributed by atoms with Crippen molar-refractivity contribution in [1.82, 2.24) is 9.88 Å². The molecule has 5 heteroatoms. The fourth-order valence-electron chi connectivity index (χ4n) is 1.98. The maximum atomic E-state index is 10.8. The molecule has 1 heterocycles. The molecule has 0 atom stereocenters. The third-order valence-electron chi connectivity index (χ3n) is 3.11. The Morgan fingerprint density at radius 1 is 1.40 bits per heavy atom. The molecule has 0 aliphatic carbocycles. The molecule has 0 saturated carbocycles. The molecule has 0 saturated heterocycles. The number of carboxylic acid groups (broad SMARTS) is 1. The molecule has 0 unspecified atom stereocenters. The van der Waals surface area contributed by atoms with E-state index < -0.39 is 5.97 Å². The van der Waals surface area contributed by atoms with Crippen molar-refractivity contribution in [3.05, 3.63) is 23.5 Å². The van der Waals surface area contributed by atoms with E-state index in [1.807, 2.05) is 19.1 Å². The fourth-order valence-corrected chi connectivity index (χ4v) is 1.98. The van der Waals surface area contributed by atoms with Gasteiger partial charge < -0.3 is 9.84 Å². The van der Waals surface area contributed by atoms with Gasteiger partial charge in [-0.1, -0.05) is 0 Å². The number of rotatable bonds is 6. The molecule has 0 bridgehead atoms. The summed E-state index contributed by atoms with van der Waals surface area (Å²) in [5.41, 5.74) is 1.67. The number of ether oxygens (including phenoxy) is 1. The lowest BCUT2D eigenvalue weighted by Crippen LogP contribution is -2.42. The molecule has 112 valence electrons. The molecule has 0 aromatic carbocycles. The van der Waals surface area contributed by atoms with Crippen LogP contribution in [0.4, 0.5) is 0 Å². The lowest BCUT2D eigenvalue weighted by molar-refractivity contribution is -0.137. The molecule has 20 heavy (non-hydrogen) atoms. The molecule has 1 aromatic rings. The highest BCUT2D eigenvalue weighted by molar-refractivity contribution is 5.66. The van der Waals surface area contributed by atoms with E-state index in [1.165, 1.54) is 0 Å². The van der Waals surface area contributed by atoms with Gasteiger partial charge in [0.1, 0.15) is 5.75 Å². The van der Waals surface area contributed by atoms with Crippen LogP contribution < -0.4 is 4.74 Å². The van der Waals surface area contributed by atoms with E-state index in [0.29, 0.717) is 13.1 Å². The van der Waals surface area contributed by atoms with Gasteiger partial charge in [-0.3, -0.25) is 14.7 Å². The Morgan fingerprint density at radius 3 is 2.55 bits per heavy atom. The first-order chi connectivity index (χ1) is 9.22. The van der Waals surface area contributed by atoms with E-state index in [4.69, 9.17) is 9.84 Å². The Kier molecular flexibility index (Phi) is 5.51. The van der Waals surface area contributed by atoms with Crippen LogP contribution in [-0.2, 0) is 11.3 Å². The summed E-state index contributed by atoms with van der Waals surface area (Å²) in [7, 11) is 1.63. The van der Waals surface area contributed by atoms with E-state index >= 15 is 0 Å². The summed E-state index contributed by atoms with van der Waals surface area (Å²) in [6.07, 6.45) is 0.125. The smallest absolute Gasteiger partial charge is 0.304 e. The largest absolute Gasteiger partial charge is 0.497 e. The summed E-state index contributed by atoms with van der Waals surface area (Å²) < 4.78 is 5.25. The Morgan fingerprint density at radius 2 is 2.05 bits per heavy atom. The van der Waals surface area contributed by atoms with Crippen molar-refractivity contribution in [1.29, 1.82) is 0 Å². The highest BCUT2D eigenvalue weighted by Crippen LogP contribution is 2.20. The van der Waals surface area contributed by atoms with Crippen LogP contribution in [-0.4, -0.2) is 40.2 Å². The predicted molar refractivity (Wildman–Crippen MR) is 77.9 cm³/mol. The first-order valence-electron chi connectivity index (χ1n) is 6.71. The van der Waals surface area contributed by atoms with Crippen molar-refractivity contribution in [3.8, 4) is 5.75 Å². The average Bonchev–Trinajstić information content (AvgIpc) is 2.32. The van der Waals surface area contributed by atoms with Crippen LogP contribution in [0.2, 0.25) is 0 Å². The van der Waals surface area contributed by atoms with Crippen molar-refractivity contribution in [3.63, 3.8) is 0 Å². The van der Waals surface area contributed by atoms with Gasteiger partial charge in [0.25, 0.3) is 0 Å². The molecule has 0 amide bonds. The molecule has 0 fully saturated rings. The van der Waals surface area contributed by atoms with E-state index in [9.17, 15) is 4.79 Å². The van der Waals surface area contributed by atoms with Gasteiger partial charge in [-0.15, -0.1) is 0 Å². The molecule has 0 spiro atoms. The molecule has 5 nitrogen and oxygen atoms in total. The van der Waals surface area contributed by atoms with Gasteiger partial charge in [0.2, 0.25) is 0 Å². The number of pyridine rings is 1. The van der Waals surface area contributed by atoms with Crippen molar-refractivity contribution in [2.24, 2.45) is 0 Å². The minimum absolute atomic E-state index is 0.117. The van der Waals surface area contributed by atoms with Crippen LogP contribution in [0, 0.1) is 6.92 Å². The third-order valence-corrected chi connectivity index (χ3v) is 3.11. The number of aryl methyl sites for hydroxylation is 1. The van der Waals surface area contributed by atoms with Gasteiger partial charge in [-0.25, -0.2) is 0 Å². The van der Waals surface area contributed by atoms with Crippen LogP contribution >= 0.6 is 0 Å². The van der Waals surface area contributed by atoms with Gasteiger partial charge in [0.15, 0.2) is 0 Å². The van der Waals surface area contributed by atoms with Gasteiger partial charge in [0, 0.05) is 36.5 Å². The fraction of sp³-hybridized carbons (Fsp3) is 0.600. The zero-order chi connectivity index (χ0) is 15.3. The minimum Gasteiger partial charge on any atom is -0.497 e. The van der Waals surface area contributed by atoms with Crippen LogP contribution in [0.25, 0.3) is 0 Å². The van der Waals surface area contributed by atoms with Crippen molar-refractivity contribution < 1.29 is 14.6 Å². The summed E-state index contributed by atoms with van der Waals surface area (Å²) in [4.78, 5) is 17.4. The quantitative estimate of drug-likeness (QED) is 0.867. The first kappa shape index (κ1) is 16.4. The summed E-state index contributed by atoms with van der Waals surface area (Å²) in [5, 5.41) is 8.86. The van der Waals surface area contributed by atoms with Crippen molar-refractivity contribution in [2.45, 2.75) is 46.2 Å². The zero-order valence-corrected chi connectivity index (χ0v) is 12.9. The number of aromatic nitrogens is 1. The second-order valence-corrected chi connectivity index (χ2v) is 5.88. The Bertz CT molecular complexity index is 467. The Balaban J connectivity index is 2.89. The van der Waals surface area contributed by atoms with Crippen molar-refractivity contribution >= 4 is 5.97 Å². The van der Waals surface area contributed by atoms with Gasteiger partial charge >= 0.3 is 5.97 Å². The van der Waals surface area contributed by atoms with Crippen LogP contribution in [0.15, 0.2) is 12.1 Å². The molecular weight excluding hydrogens is 256 g/mol. The summed E-state index contributed by atoms with van der Waals surface area (Å²) >= 11 is 0. The highest BCUT2D eigenvalue weighted by atomic mass is 16.5. The number of carbonyl (C=O) groups is 1. The van der Waals surface area contributed by atoms with Crippen molar-refractivity contribution in [2.75, 3.05) is 13.7 Å². The number of nitrogens with zero attached hydrogens (tertiary/aromatic N) is 2. The summed E-state index contributed by atoms with van der Waals surface area (Å²) in [5.74, 6) is -0.00590. The Hall–Kier alpha value is -1.62. The number of hydrogen-bond acceptors (Lipinski definition) is 4. The van der Waals surface area contributed by atoms with E-state index in [-0.39, 0.29) is 12.0 Å². The number of aliphatic carboxylic acids is 1. The summed E-state index contributed by atoms with van der Waals surface area (Å²) in [6.45, 7) is 9.24. The van der Waals surface area contributed by atoms with Crippen LogP contribution in [0.5, 0.6) is 5.75 Å². The van der Waals surface area contributed by atoms with Crippen LogP contribution in [0.1, 0.15) is 38.6 Å². The van der Waals surface area contributed by atoms with E-state index in [0.717, 1.165) is 17.1 Å². The maximum absolute atomic E-state index is 10.8. The van der Waals surface area contributed by atoms with E-state index in [1.54, 1.807) is 7.11 Å². The highest BCUT2D eigenvalue weighted by Gasteiger charge is 2.22. The average molecular weight is 280 g/mol. The van der Waals surface area contributed by atoms with Gasteiger partial charge in [0.05, 0.1) is 19.2 Å². The maximum Gasteiger partial charge on any atom is 0.304 e. The van der Waals surface area contributed by atoms with Gasteiger partial charge in [-0.05, 0) is 27.7 Å². The number of hydrogen-bond donors (Lipinski definition) is 1. The van der Waals surface area contributed by atoms with Crippen LogP contribution in [0.3, 0.4) is 0 Å². The topological polar surface area (TPSA) is 62.7 Å². The van der Waals surface area contributed by atoms with E-state index in [2.05, 4.69) is 30.7 Å². The lowest BCUT2D eigenvalue weighted by atomic mass is 10.0. The molecule has 1 aromatic heterocycles. The zero-order valence-electron chi connectivity index (χ0n) is 12.9. The summed E-state index contributed by atoms with van der Waals surface area (Å²) in [6, 6.07) is 3.77. The third kappa shape index (κ3) is 5.17.